The molecule has 136 heavy (non-hydrogen) atoms. The van der Waals surface area contributed by atoms with E-state index < -0.39 is 0 Å². The molecule has 0 radical (unpaired) electrons. The first-order chi connectivity index (χ1) is 67.4. The van der Waals surface area contributed by atoms with Crippen molar-refractivity contribution in [2.24, 2.45) is 0 Å². The van der Waals surface area contributed by atoms with Crippen LogP contribution < -0.4 is 0 Å². The third-order valence-electron chi connectivity index (χ3n) is 25.7. The zero-order chi connectivity index (χ0) is 89.7. The Bertz CT molecular complexity index is 9380. The number of hydrogen-bond acceptors (Lipinski definition) is 12. The van der Waals surface area contributed by atoms with Crippen LogP contribution in [0.4, 0.5) is 0 Å². The maximum Gasteiger partial charge on any atom is 0.164 e. The number of rotatable bonds is 12. The van der Waals surface area contributed by atoms with Gasteiger partial charge in [-0.3, -0.25) is 0 Å². The Morgan fingerprint density at radius 1 is 0.140 bits per heavy atom. The quantitative estimate of drug-likeness (QED) is 0.117. The number of nitrogens with zero attached hydrogens (tertiary/aromatic N) is 12. The van der Waals surface area contributed by atoms with Crippen LogP contribution in [0.3, 0.4) is 0 Å². The fourth-order valence-corrected chi connectivity index (χ4v) is 22.8. The average Bonchev–Trinajstić information content (AvgIpc) is 1.57. The fourth-order valence-electron chi connectivity index (χ4n) is 19.4. The Morgan fingerprint density at radius 2 is 0.412 bits per heavy atom. The zero-order valence-corrected chi connectivity index (χ0v) is 75.3. The van der Waals surface area contributed by atoms with Crippen molar-refractivity contribution in [1.82, 2.24) is 58.6 Å². The second-order valence-electron chi connectivity index (χ2n) is 33.8. The first-order valence-corrected chi connectivity index (χ1v) is 47.7. The van der Waals surface area contributed by atoms with E-state index in [9.17, 15) is 0 Å². The Morgan fingerprint density at radius 3 is 0.779 bits per heavy atom. The number of thiophene rings is 3. The van der Waals surface area contributed by atoms with Gasteiger partial charge in [-0.15, -0.1) is 34.0 Å². The van der Waals surface area contributed by atoms with E-state index in [1.54, 1.807) is 0 Å². The van der Waals surface area contributed by atoms with Crippen LogP contribution in [0.15, 0.2) is 449 Å². The van der Waals surface area contributed by atoms with Gasteiger partial charge >= 0.3 is 0 Å². The molecule has 0 saturated carbocycles. The van der Waals surface area contributed by atoms with Crippen LogP contribution in [0.2, 0.25) is 0 Å². The Hall–Kier alpha value is -17.5. The van der Waals surface area contributed by atoms with Gasteiger partial charge in [0.25, 0.3) is 0 Å². The molecule has 15 heteroatoms. The number of aromatic nitrogens is 12. The Balaban J connectivity index is 0.000000106. The van der Waals surface area contributed by atoms with Gasteiger partial charge in [0.15, 0.2) is 52.4 Å². The maximum atomic E-state index is 5.07. The van der Waals surface area contributed by atoms with Crippen LogP contribution in [0.5, 0.6) is 0 Å². The lowest BCUT2D eigenvalue weighted by Crippen LogP contribution is -2.01. The molecule has 28 aromatic rings. The molecule has 0 spiro atoms. The summed E-state index contributed by atoms with van der Waals surface area (Å²) in [5.41, 5.74) is 19.0. The van der Waals surface area contributed by atoms with E-state index in [-0.39, 0.29) is 0 Å². The van der Waals surface area contributed by atoms with E-state index in [4.69, 9.17) is 44.9 Å². The molecule has 0 bridgehead atoms. The molecule has 0 unspecified atom stereocenters. The first kappa shape index (κ1) is 79.5. The third kappa shape index (κ3) is 14.1. The van der Waals surface area contributed by atoms with Gasteiger partial charge in [0.2, 0.25) is 0 Å². The molecule has 0 aliphatic rings. The summed E-state index contributed by atoms with van der Waals surface area (Å²) < 4.78 is 15.0. The van der Waals surface area contributed by atoms with Gasteiger partial charge in [0, 0.05) is 160 Å². The number of benzene rings is 19. The van der Waals surface area contributed by atoms with Crippen molar-refractivity contribution >= 4 is 171 Å². The van der Waals surface area contributed by atoms with E-state index in [1.165, 1.54) is 126 Å². The summed E-state index contributed by atoms with van der Waals surface area (Å²) in [5, 5.41) is 17.6. The summed E-state index contributed by atoms with van der Waals surface area (Å²) in [7, 11) is 0. The summed E-state index contributed by atoms with van der Waals surface area (Å²) in [6.07, 6.45) is 0. The highest BCUT2D eigenvalue weighted by Gasteiger charge is 2.25. The summed E-state index contributed by atoms with van der Waals surface area (Å²) in [6, 6.07) is 157. The second-order valence-corrected chi connectivity index (χ2v) is 37.1. The predicted molar refractivity (Wildman–Crippen MR) is 568 cm³/mol. The SMILES string of the molecule is c1ccc(-c2nc(-c3ccccc3)nc(-c3ccc(-n4c5ccccc5c5cc6c(cc54)sc4ccccc46)c4ccccc34)n2)cc1.c1ccc(-c2nc(-c3ccccc3)nc(-c3ccc(-n4c5ccccc5c5cc6c(cc54)sc4ccccc46)cc3)n2)cc1.c1ccc(-c2nc(-c3ccccc3)nc(-c3cccc(-n4c5ccccc5c5cc6c(cc54)sc4ccccc46)c3)n2)cc1. The van der Waals surface area contributed by atoms with Crippen molar-refractivity contribution in [2.45, 2.75) is 0 Å². The van der Waals surface area contributed by atoms with Crippen LogP contribution in [-0.2, 0) is 0 Å². The molecule has 0 aliphatic heterocycles. The highest BCUT2D eigenvalue weighted by Crippen LogP contribution is 2.47. The van der Waals surface area contributed by atoms with Crippen LogP contribution in [0, 0.1) is 0 Å². The lowest BCUT2D eigenvalue weighted by atomic mass is 10.0. The number of para-hydroxylation sites is 3. The van der Waals surface area contributed by atoms with Gasteiger partial charge in [0.05, 0.1) is 38.8 Å². The molecule has 636 valence electrons. The molecular formula is C121H74N12S3. The van der Waals surface area contributed by atoms with Gasteiger partial charge in [-0.1, -0.05) is 328 Å². The second kappa shape index (κ2) is 33.4. The van der Waals surface area contributed by atoms with Gasteiger partial charge in [-0.2, -0.15) is 0 Å². The van der Waals surface area contributed by atoms with E-state index in [1.807, 2.05) is 216 Å². The predicted octanol–water partition coefficient (Wildman–Crippen LogP) is 32.2. The first-order valence-electron chi connectivity index (χ1n) is 45.3. The van der Waals surface area contributed by atoms with Crippen LogP contribution in [0.25, 0.3) is 256 Å². The minimum atomic E-state index is 0.646. The largest absolute Gasteiger partial charge is 0.309 e. The monoisotopic (exact) mass is 1790 g/mol. The van der Waals surface area contributed by atoms with Crippen molar-refractivity contribution in [2.75, 3.05) is 0 Å². The Labute approximate surface area is 791 Å². The molecule has 0 atom stereocenters. The van der Waals surface area contributed by atoms with E-state index in [0.29, 0.717) is 52.4 Å². The van der Waals surface area contributed by atoms with Crippen LogP contribution in [-0.4, -0.2) is 58.6 Å². The summed E-state index contributed by atoms with van der Waals surface area (Å²) in [4.78, 5) is 44.6. The molecule has 9 aromatic heterocycles. The van der Waals surface area contributed by atoms with Crippen LogP contribution >= 0.6 is 34.0 Å². The topological polar surface area (TPSA) is 131 Å². The summed E-state index contributed by atoms with van der Waals surface area (Å²) >= 11 is 5.56. The molecular weight excluding hydrogens is 1720 g/mol. The maximum absolute atomic E-state index is 5.07. The molecule has 9 heterocycles. The lowest BCUT2D eigenvalue weighted by Gasteiger charge is -2.15. The van der Waals surface area contributed by atoms with Crippen molar-refractivity contribution in [3.05, 3.63) is 449 Å². The van der Waals surface area contributed by atoms with Gasteiger partial charge in [-0.25, -0.2) is 44.9 Å². The minimum absolute atomic E-state index is 0.646. The fraction of sp³-hybridized carbons (Fsp3) is 0. The third-order valence-corrected chi connectivity index (χ3v) is 29.1. The molecule has 0 saturated heterocycles. The summed E-state index contributed by atoms with van der Waals surface area (Å²) in [5.74, 6) is 5.89. The molecule has 19 aromatic carbocycles. The normalized spacial score (nSPS) is 11.7. The molecule has 0 amide bonds. The molecule has 0 N–H and O–H groups in total. The summed E-state index contributed by atoms with van der Waals surface area (Å²) in [6.45, 7) is 0. The number of hydrogen-bond donors (Lipinski definition) is 0. The van der Waals surface area contributed by atoms with Crippen molar-refractivity contribution in [3.8, 4) is 120 Å². The average molecular weight is 1790 g/mol. The van der Waals surface area contributed by atoms with Crippen molar-refractivity contribution < 1.29 is 0 Å². The molecule has 0 aliphatic carbocycles. The zero-order valence-electron chi connectivity index (χ0n) is 72.8. The molecule has 12 nitrogen and oxygen atoms in total. The Kier molecular flexibility index (Phi) is 19.5. The highest BCUT2D eigenvalue weighted by atomic mass is 32.1. The lowest BCUT2D eigenvalue weighted by molar-refractivity contribution is 1.07. The van der Waals surface area contributed by atoms with E-state index in [2.05, 4.69) is 281 Å². The van der Waals surface area contributed by atoms with Crippen molar-refractivity contribution in [1.29, 1.82) is 0 Å². The van der Waals surface area contributed by atoms with E-state index in [0.717, 1.165) is 77.9 Å². The van der Waals surface area contributed by atoms with Gasteiger partial charge in [-0.05, 0) is 127 Å². The standard InChI is InChI=1S/C43H26N4S.2C39H24N4S/c1-3-13-27(14-4-1)41-44-42(28-15-5-2-6-16-28)46-43(45-41)33-23-24-37(30-18-8-7-17-29(30)33)47-36-21-11-9-19-31(36)34-25-35-32-20-10-12-22-39(32)48-40(35)26-38(34)47;1-3-12-25(13-4-1)37-40-38(26-14-5-2-6-15-26)42-39(41-37)27-16-11-17-28(22-27)43-33-20-9-7-18-29(33)31-23-32-30-19-8-10-21-35(30)44-36(32)24-34(31)43;1-3-11-25(12-4-1)37-40-38(26-13-5-2-6-14-26)42-39(41-37)27-19-21-28(22-20-27)43-33-17-9-7-15-29(33)31-23-32-30-16-8-10-18-35(30)44-36(32)24-34(31)43/h1-26H;2*1-24H. The van der Waals surface area contributed by atoms with Crippen LogP contribution in [0.1, 0.15) is 0 Å². The van der Waals surface area contributed by atoms with Gasteiger partial charge in [0.1, 0.15) is 0 Å². The minimum Gasteiger partial charge on any atom is -0.309 e. The molecule has 28 rings (SSSR count). The number of fused-ring (bicyclic) bond motifs is 19. The smallest absolute Gasteiger partial charge is 0.164 e. The van der Waals surface area contributed by atoms with Gasteiger partial charge < -0.3 is 13.7 Å². The molecule has 0 fully saturated rings. The highest BCUT2D eigenvalue weighted by molar-refractivity contribution is 7.26. The van der Waals surface area contributed by atoms with Crippen molar-refractivity contribution in [3.63, 3.8) is 0 Å². The van der Waals surface area contributed by atoms with E-state index >= 15 is 0 Å².